The fourth-order valence-corrected chi connectivity index (χ4v) is 2.31. The Labute approximate surface area is 114 Å². The van der Waals surface area contributed by atoms with Gasteiger partial charge in [-0.15, -0.1) is 0 Å². The van der Waals surface area contributed by atoms with Gasteiger partial charge in [0.25, 0.3) is 0 Å². The van der Waals surface area contributed by atoms with Gasteiger partial charge in [0.1, 0.15) is 0 Å². The zero-order chi connectivity index (χ0) is 13.7. The number of methoxy groups -OCH3 is 1. The lowest BCUT2D eigenvalue weighted by Gasteiger charge is -2.10. The van der Waals surface area contributed by atoms with Gasteiger partial charge in [0.2, 0.25) is 0 Å². The Balaban J connectivity index is 2.01. The predicted octanol–water partition coefficient (Wildman–Crippen LogP) is 1.93. The number of aromatic nitrogens is 1. The Bertz CT molecular complexity index is 385. The fraction of sp³-hybridized carbons (Fsp3) is 0.714. The molecule has 1 aliphatic heterocycles. The molecule has 1 aromatic heterocycles. The number of nitrogens with zero attached hydrogens (tertiary/aromatic N) is 1. The topological polar surface area (TPSA) is 41.9 Å². The average Bonchev–Trinajstić information content (AvgIpc) is 2.62. The van der Waals surface area contributed by atoms with Crippen LogP contribution in [0.2, 0.25) is 0 Å². The van der Waals surface area contributed by atoms with Crippen LogP contribution in [-0.4, -0.2) is 44.7 Å². The number of fused-ring (bicyclic) bond motifs is 1. The highest BCUT2D eigenvalue weighted by Crippen LogP contribution is 2.38. The van der Waals surface area contributed by atoms with Crippen LogP contribution in [0.3, 0.4) is 0 Å². The van der Waals surface area contributed by atoms with Gasteiger partial charge in [-0.2, -0.15) is 0 Å². The van der Waals surface area contributed by atoms with Gasteiger partial charge in [0, 0.05) is 20.1 Å². The second-order valence-electron chi connectivity index (χ2n) is 4.64. The summed E-state index contributed by atoms with van der Waals surface area (Å²) in [4.78, 5) is 0. The second kappa shape index (κ2) is 6.82. The lowest BCUT2D eigenvalue weighted by atomic mass is 10.4. The summed E-state index contributed by atoms with van der Waals surface area (Å²) >= 11 is 0. The van der Waals surface area contributed by atoms with Gasteiger partial charge in [0.15, 0.2) is 11.5 Å². The van der Waals surface area contributed by atoms with Crippen molar-refractivity contribution in [3.8, 4) is 11.5 Å². The minimum Gasteiger partial charge on any atom is -0.488 e. The van der Waals surface area contributed by atoms with Crippen molar-refractivity contribution in [1.29, 1.82) is 0 Å². The summed E-state index contributed by atoms with van der Waals surface area (Å²) in [7, 11) is 1.68. The maximum absolute atomic E-state index is 5.78. The van der Waals surface area contributed by atoms with Crippen LogP contribution in [0.15, 0.2) is 0 Å². The first kappa shape index (κ1) is 14.2. The molecule has 108 valence electrons. The molecule has 5 heteroatoms. The van der Waals surface area contributed by atoms with Crippen molar-refractivity contribution in [2.24, 2.45) is 0 Å². The number of hydrogen-bond acceptors (Lipinski definition) is 4. The van der Waals surface area contributed by atoms with Crippen molar-refractivity contribution in [2.45, 2.75) is 26.8 Å². The number of ether oxygens (including phenoxy) is 4. The van der Waals surface area contributed by atoms with Gasteiger partial charge in [-0.25, -0.2) is 0 Å². The van der Waals surface area contributed by atoms with E-state index in [0.29, 0.717) is 19.8 Å². The van der Waals surface area contributed by atoms with E-state index in [1.807, 2.05) is 0 Å². The average molecular weight is 269 g/mol. The van der Waals surface area contributed by atoms with Crippen molar-refractivity contribution in [1.82, 2.24) is 4.57 Å². The Morgan fingerprint density at radius 3 is 2.21 bits per heavy atom. The molecule has 0 aromatic carbocycles. The summed E-state index contributed by atoms with van der Waals surface area (Å²) < 4.78 is 24.2. The van der Waals surface area contributed by atoms with Gasteiger partial charge in [-0.05, 0) is 13.8 Å². The minimum absolute atomic E-state index is 0.628. The summed E-state index contributed by atoms with van der Waals surface area (Å²) in [5.74, 6) is 1.79. The first-order valence-electron chi connectivity index (χ1n) is 6.77. The SMILES string of the molecule is COCCOCCn1c(C)c2c(c1C)OCCCO2. The molecule has 0 bridgehead atoms. The highest BCUT2D eigenvalue weighted by molar-refractivity contribution is 5.50. The molecule has 0 aliphatic carbocycles. The van der Waals surface area contributed by atoms with Crippen LogP contribution in [0.5, 0.6) is 11.5 Å². The molecule has 19 heavy (non-hydrogen) atoms. The Kier molecular flexibility index (Phi) is 5.10. The summed E-state index contributed by atoms with van der Waals surface area (Å²) in [6, 6.07) is 0. The largest absolute Gasteiger partial charge is 0.488 e. The molecule has 0 amide bonds. The Morgan fingerprint density at radius 1 is 1.00 bits per heavy atom. The van der Waals surface area contributed by atoms with Crippen molar-refractivity contribution in [2.75, 3.05) is 40.1 Å². The van der Waals surface area contributed by atoms with E-state index >= 15 is 0 Å². The van der Waals surface area contributed by atoms with E-state index < -0.39 is 0 Å². The van der Waals surface area contributed by atoms with E-state index in [4.69, 9.17) is 18.9 Å². The van der Waals surface area contributed by atoms with Gasteiger partial charge in [-0.1, -0.05) is 0 Å². The third kappa shape index (κ3) is 3.22. The van der Waals surface area contributed by atoms with Gasteiger partial charge in [0.05, 0.1) is 44.4 Å². The van der Waals surface area contributed by atoms with E-state index in [-0.39, 0.29) is 0 Å². The molecule has 0 spiro atoms. The van der Waals surface area contributed by atoms with Crippen LogP contribution in [0.1, 0.15) is 17.8 Å². The molecule has 5 nitrogen and oxygen atoms in total. The maximum Gasteiger partial charge on any atom is 0.182 e. The van der Waals surface area contributed by atoms with Crippen LogP contribution in [-0.2, 0) is 16.0 Å². The van der Waals surface area contributed by atoms with Crippen LogP contribution in [0, 0.1) is 13.8 Å². The quantitative estimate of drug-likeness (QED) is 0.740. The third-order valence-corrected chi connectivity index (χ3v) is 3.35. The van der Waals surface area contributed by atoms with Gasteiger partial charge >= 0.3 is 0 Å². The van der Waals surface area contributed by atoms with Crippen molar-refractivity contribution in [3.05, 3.63) is 11.4 Å². The van der Waals surface area contributed by atoms with Crippen LogP contribution in [0.25, 0.3) is 0 Å². The smallest absolute Gasteiger partial charge is 0.182 e. The third-order valence-electron chi connectivity index (χ3n) is 3.35. The summed E-state index contributed by atoms with van der Waals surface area (Å²) in [6.45, 7) is 8.31. The molecule has 1 aliphatic rings. The molecule has 1 aromatic rings. The molecular weight excluding hydrogens is 246 g/mol. The van der Waals surface area contributed by atoms with Crippen molar-refractivity contribution in [3.63, 3.8) is 0 Å². The molecule has 0 saturated heterocycles. The minimum atomic E-state index is 0.628. The van der Waals surface area contributed by atoms with Crippen LogP contribution >= 0.6 is 0 Å². The summed E-state index contributed by atoms with van der Waals surface area (Å²) in [5, 5.41) is 0. The van der Waals surface area contributed by atoms with Crippen molar-refractivity contribution >= 4 is 0 Å². The first-order chi connectivity index (χ1) is 9.25. The molecule has 2 heterocycles. The van der Waals surface area contributed by atoms with Gasteiger partial charge < -0.3 is 23.5 Å². The molecule has 0 radical (unpaired) electrons. The summed E-state index contributed by atoms with van der Waals surface area (Å²) in [6.07, 6.45) is 0.938. The maximum atomic E-state index is 5.78. The monoisotopic (exact) mass is 269 g/mol. The second-order valence-corrected chi connectivity index (χ2v) is 4.64. The Morgan fingerprint density at radius 2 is 1.63 bits per heavy atom. The van der Waals surface area contributed by atoms with Crippen molar-refractivity contribution < 1.29 is 18.9 Å². The Hall–Kier alpha value is -1.20. The molecule has 0 saturated carbocycles. The van der Waals surface area contributed by atoms with E-state index in [2.05, 4.69) is 18.4 Å². The van der Waals surface area contributed by atoms with E-state index in [0.717, 1.165) is 49.1 Å². The lowest BCUT2D eigenvalue weighted by molar-refractivity contribution is 0.0662. The zero-order valence-corrected chi connectivity index (χ0v) is 12.0. The summed E-state index contributed by atoms with van der Waals surface area (Å²) in [5.41, 5.74) is 2.23. The highest BCUT2D eigenvalue weighted by atomic mass is 16.5. The first-order valence-corrected chi connectivity index (χ1v) is 6.77. The highest BCUT2D eigenvalue weighted by Gasteiger charge is 2.22. The standard InChI is InChI=1S/C14H23NO4/c1-11-13-14(19-7-4-6-18-13)12(2)15(11)5-8-17-10-9-16-3/h4-10H2,1-3H3. The normalized spacial score (nSPS) is 14.5. The van der Waals surface area contributed by atoms with E-state index in [1.165, 1.54) is 0 Å². The molecule has 0 unspecified atom stereocenters. The lowest BCUT2D eigenvalue weighted by Crippen LogP contribution is -2.12. The fourth-order valence-electron chi connectivity index (χ4n) is 2.31. The van der Waals surface area contributed by atoms with Gasteiger partial charge in [-0.3, -0.25) is 0 Å². The number of rotatable bonds is 6. The van der Waals surface area contributed by atoms with E-state index in [1.54, 1.807) is 7.11 Å². The van der Waals surface area contributed by atoms with Crippen LogP contribution < -0.4 is 9.47 Å². The molecule has 0 N–H and O–H groups in total. The molecule has 0 fully saturated rings. The van der Waals surface area contributed by atoms with E-state index in [9.17, 15) is 0 Å². The molecule has 0 atom stereocenters. The molecular formula is C14H23NO4. The zero-order valence-electron chi connectivity index (χ0n) is 12.0. The predicted molar refractivity (Wildman–Crippen MR) is 72.2 cm³/mol. The van der Waals surface area contributed by atoms with Crippen LogP contribution in [0.4, 0.5) is 0 Å². The number of hydrogen-bond donors (Lipinski definition) is 0. The molecule has 2 rings (SSSR count).